The highest BCUT2D eigenvalue weighted by atomic mass is 32.2. The summed E-state index contributed by atoms with van der Waals surface area (Å²) in [5, 5.41) is 12.3. The highest BCUT2D eigenvalue weighted by molar-refractivity contribution is 7.91. The van der Waals surface area contributed by atoms with E-state index in [1.54, 1.807) is 30.3 Å². The monoisotopic (exact) mass is 319 g/mol. The van der Waals surface area contributed by atoms with Gasteiger partial charge in [0.05, 0.1) is 31.1 Å². The third-order valence-electron chi connectivity index (χ3n) is 3.86. The van der Waals surface area contributed by atoms with Gasteiger partial charge in [0, 0.05) is 5.69 Å². The number of hydrogen-bond acceptors (Lipinski definition) is 4. The van der Waals surface area contributed by atoms with Crippen molar-refractivity contribution in [2.75, 3.05) is 31.1 Å². The Labute approximate surface area is 130 Å². The predicted molar refractivity (Wildman–Crippen MR) is 83.9 cm³/mol. The second-order valence-corrected chi connectivity index (χ2v) is 7.24. The molecule has 0 spiro atoms. The first-order chi connectivity index (χ1) is 10.6. The highest BCUT2D eigenvalue weighted by Gasteiger charge is 2.23. The van der Waals surface area contributed by atoms with E-state index in [2.05, 4.69) is 10.2 Å². The predicted octanol–water partition coefficient (Wildman–Crippen LogP) is 0.608. The molecule has 1 aliphatic rings. The average molecular weight is 319 g/mol. The van der Waals surface area contributed by atoms with Crippen molar-refractivity contribution in [3.05, 3.63) is 48.5 Å². The fraction of sp³-hybridized carbons (Fsp3) is 0.250. The molecule has 0 bridgehead atoms. The molecule has 0 radical (unpaired) electrons. The van der Waals surface area contributed by atoms with Crippen LogP contribution < -0.4 is 10.2 Å². The van der Waals surface area contributed by atoms with Gasteiger partial charge in [-0.05, 0) is 30.3 Å². The Morgan fingerprint density at radius 1 is 1.00 bits per heavy atom. The first-order valence-electron chi connectivity index (χ1n) is 7.29. The van der Waals surface area contributed by atoms with Crippen molar-refractivity contribution >= 4 is 15.5 Å². The number of nitrogens with zero attached hydrogens (tertiary/aromatic N) is 1. The molecule has 2 aromatic carbocycles. The Bertz CT molecular complexity index is 754. The lowest BCUT2D eigenvalue weighted by molar-refractivity contribution is -0.655. The molecule has 3 rings (SSSR count). The number of rotatable bonds is 3. The molecule has 116 valence electrons. The molecule has 0 amide bonds. The number of piperazine rings is 1. The van der Waals surface area contributed by atoms with E-state index < -0.39 is 9.84 Å². The summed E-state index contributed by atoms with van der Waals surface area (Å²) in [5.41, 5.74) is 0.834. The molecular weight excluding hydrogens is 300 g/mol. The molecule has 1 saturated heterocycles. The van der Waals surface area contributed by atoms with Crippen LogP contribution in [0.25, 0.3) is 0 Å². The maximum atomic E-state index is 12.7. The minimum atomic E-state index is -3.72. The first-order valence-corrected chi connectivity index (χ1v) is 8.77. The van der Waals surface area contributed by atoms with Crippen LogP contribution in [0.2, 0.25) is 0 Å². The summed E-state index contributed by atoms with van der Waals surface area (Å²) < 4.78 is 25.4. The van der Waals surface area contributed by atoms with Crippen LogP contribution in [0.15, 0.2) is 58.3 Å². The smallest absolute Gasteiger partial charge is 0.210 e. The zero-order valence-electron chi connectivity index (χ0n) is 12.1. The molecule has 6 heteroatoms. The van der Waals surface area contributed by atoms with E-state index >= 15 is 0 Å². The molecule has 0 unspecified atom stereocenters. The van der Waals surface area contributed by atoms with Crippen molar-refractivity contribution in [3.8, 4) is 5.75 Å². The Kier molecular flexibility index (Phi) is 4.04. The SMILES string of the molecule is O=S(=O)(c1ccccc1)c1cc(N2CC[NH2+]CC2)ccc1O. The van der Waals surface area contributed by atoms with Gasteiger partial charge < -0.3 is 15.3 Å². The molecule has 0 aromatic heterocycles. The van der Waals surface area contributed by atoms with Crippen molar-refractivity contribution in [1.82, 2.24) is 0 Å². The standard InChI is InChI=1S/C16H18N2O3S/c19-15-7-6-13(18-10-8-17-9-11-18)12-16(15)22(20,21)14-4-2-1-3-5-14/h1-7,12,17,19H,8-11H2/p+1. The summed E-state index contributed by atoms with van der Waals surface area (Å²) >= 11 is 0. The second kappa shape index (κ2) is 5.98. The van der Waals surface area contributed by atoms with Crippen LogP contribution in [-0.2, 0) is 9.84 Å². The molecular formula is C16H19N2O3S+. The van der Waals surface area contributed by atoms with Crippen LogP contribution in [0.5, 0.6) is 5.75 Å². The number of anilines is 1. The van der Waals surface area contributed by atoms with Crippen molar-refractivity contribution < 1.29 is 18.8 Å². The number of benzene rings is 2. The lowest BCUT2D eigenvalue weighted by atomic mass is 10.2. The Morgan fingerprint density at radius 3 is 2.36 bits per heavy atom. The number of nitrogens with two attached hydrogens (primary N) is 1. The number of sulfone groups is 1. The van der Waals surface area contributed by atoms with Crippen molar-refractivity contribution in [2.45, 2.75) is 9.79 Å². The van der Waals surface area contributed by atoms with Gasteiger partial charge in [0.25, 0.3) is 0 Å². The molecule has 1 aliphatic heterocycles. The van der Waals surface area contributed by atoms with Gasteiger partial charge in [-0.3, -0.25) is 0 Å². The zero-order valence-corrected chi connectivity index (χ0v) is 13.0. The maximum Gasteiger partial charge on any atom is 0.210 e. The van der Waals surface area contributed by atoms with Crippen LogP contribution in [-0.4, -0.2) is 39.7 Å². The summed E-state index contributed by atoms with van der Waals surface area (Å²) in [6.45, 7) is 3.72. The van der Waals surface area contributed by atoms with Gasteiger partial charge >= 0.3 is 0 Å². The van der Waals surface area contributed by atoms with Crippen molar-refractivity contribution in [2.24, 2.45) is 0 Å². The Hall–Kier alpha value is -2.05. The molecule has 22 heavy (non-hydrogen) atoms. The molecule has 2 aromatic rings. The van der Waals surface area contributed by atoms with Gasteiger partial charge in [0.2, 0.25) is 9.84 Å². The second-order valence-electron chi connectivity index (χ2n) is 5.32. The maximum absolute atomic E-state index is 12.7. The first kappa shape index (κ1) is 14.9. The van der Waals surface area contributed by atoms with E-state index in [0.29, 0.717) is 0 Å². The minimum absolute atomic E-state index is 0.0363. The number of quaternary nitrogens is 1. The van der Waals surface area contributed by atoms with Gasteiger partial charge in [-0.15, -0.1) is 0 Å². The van der Waals surface area contributed by atoms with Crippen LogP contribution in [0.4, 0.5) is 5.69 Å². The zero-order chi connectivity index (χ0) is 15.6. The largest absolute Gasteiger partial charge is 0.507 e. The van der Waals surface area contributed by atoms with Gasteiger partial charge in [0.15, 0.2) is 0 Å². The van der Waals surface area contributed by atoms with Gasteiger partial charge in [-0.1, -0.05) is 18.2 Å². The average Bonchev–Trinajstić information content (AvgIpc) is 2.57. The van der Waals surface area contributed by atoms with E-state index in [1.807, 2.05) is 0 Å². The molecule has 0 saturated carbocycles. The van der Waals surface area contributed by atoms with Crippen molar-refractivity contribution in [1.29, 1.82) is 0 Å². The molecule has 0 atom stereocenters. The van der Waals surface area contributed by atoms with Gasteiger partial charge in [0.1, 0.15) is 10.6 Å². The third kappa shape index (κ3) is 2.80. The van der Waals surface area contributed by atoms with E-state index in [-0.39, 0.29) is 15.5 Å². The summed E-state index contributed by atoms with van der Waals surface area (Å²) in [7, 11) is -3.72. The molecule has 0 aliphatic carbocycles. The van der Waals surface area contributed by atoms with E-state index in [9.17, 15) is 13.5 Å². The summed E-state index contributed by atoms with van der Waals surface area (Å²) in [6.07, 6.45) is 0. The van der Waals surface area contributed by atoms with Crippen LogP contribution >= 0.6 is 0 Å². The number of phenolic OH excluding ortho intramolecular Hbond substituents is 1. The summed E-state index contributed by atoms with van der Waals surface area (Å²) in [4.78, 5) is 2.30. The van der Waals surface area contributed by atoms with Gasteiger partial charge in [-0.2, -0.15) is 0 Å². The van der Waals surface area contributed by atoms with E-state index in [4.69, 9.17) is 0 Å². The van der Waals surface area contributed by atoms with E-state index in [0.717, 1.165) is 31.9 Å². The van der Waals surface area contributed by atoms with Crippen LogP contribution in [0, 0.1) is 0 Å². The minimum Gasteiger partial charge on any atom is -0.507 e. The molecule has 1 heterocycles. The summed E-state index contributed by atoms with van der Waals surface area (Å²) in [6, 6.07) is 13.0. The third-order valence-corrected chi connectivity index (χ3v) is 5.66. The Balaban J connectivity index is 2.03. The number of hydrogen-bond donors (Lipinski definition) is 2. The fourth-order valence-electron chi connectivity index (χ4n) is 2.65. The summed E-state index contributed by atoms with van der Waals surface area (Å²) in [5.74, 6) is -0.212. The van der Waals surface area contributed by atoms with E-state index in [1.165, 1.54) is 18.2 Å². The molecule has 3 N–H and O–H groups in total. The number of aromatic hydroxyl groups is 1. The quantitative estimate of drug-likeness (QED) is 0.869. The fourth-order valence-corrected chi connectivity index (χ4v) is 4.04. The van der Waals surface area contributed by atoms with Crippen molar-refractivity contribution in [3.63, 3.8) is 0 Å². The lowest BCUT2D eigenvalue weighted by Crippen LogP contribution is -2.89. The lowest BCUT2D eigenvalue weighted by Gasteiger charge is -2.27. The molecule has 1 fully saturated rings. The highest BCUT2D eigenvalue weighted by Crippen LogP contribution is 2.32. The topological polar surface area (TPSA) is 74.2 Å². The van der Waals surface area contributed by atoms with Gasteiger partial charge in [-0.25, -0.2) is 8.42 Å². The van der Waals surface area contributed by atoms with Crippen LogP contribution in [0.3, 0.4) is 0 Å². The number of phenols is 1. The Morgan fingerprint density at radius 2 is 1.68 bits per heavy atom. The van der Waals surface area contributed by atoms with Crippen LogP contribution in [0.1, 0.15) is 0 Å². The molecule has 5 nitrogen and oxygen atoms in total. The normalized spacial score (nSPS) is 15.7.